The maximum absolute atomic E-state index is 11.1. The van der Waals surface area contributed by atoms with Crippen molar-refractivity contribution >= 4 is 40.6 Å². The van der Waals surface area contributed by atoms with Gasteiger partial charge in [-0.1, -0.05) is 34.8 Å². The molecular weight excluding hydrogens is 232 g/mol. The summed E-state index contributed by atoms with van der Waals surface area (Å²) in [6, 6.07) is 0. The average molecular weight is 245 g/mol. The highest BCUT2D eigenvalue weighted by Gasteiger charge is 2.27. The van der Waals surface area contributed by atoms with Crippen molar-refractivity contribution in [2.24, 2.45) is 0 Å². The van der Waals surface area contributed by atoms with Gasteiger partial charge < -0.3 is 4.90 Å². The highest BCUT2D eigenvalue weighted by atomic mass is 35.6. The highest BCUT2D eigenvalue weighted by Crippen LogP contribution is 2.27. The van der Waals surface area contributed by atoms with Crippen LogP contribution in [0.3, 0.4) is 0 Å². The van der Waals surface area contributed by atoms with E-state index in [-0.39, 0.29) is 0 Å². The molecule has 0 aliphatic heterocycles. The first kappa shape index (κ1) is 13.1. The Labute approximate surface area is 93.4 Å². The average Bonchev–Trinajstić information content (AvgIpc) is 2.04. The number of rotatable bonds is 4. The molecule has 0 N–H and O–H groups in total. The molecule has 2 nitrogen and oxygen atoms in total. The molecule has 0 aliphatic carbocycles. The van der Waals surface area contributed by atoms with Gasteiger partial charge in [-0.3, -0.25) is 4.79 Å². The minimum atomic E-state index is -1.84. The third kappa shape index (κ3) is 5.40. The topological polar surface area (TPSA) is 20.3 Å². The van der Waals surface area contributed by atoms with Crippen LogP contribution in [0.2, 0.25) is 0 Å². The van der Waals surface area contributed by atoms with Gasteiger partial charge in [0.2, 0.25) is 5.78 Å². The molecule has 0 aliphatic rings. The second kappa shape index (κ2) is 5.74. The lowest BCUT2D eigenvalue weighted by Gasteiger charge is -2.14. The van der Waals surface area contributed by atoms with E-state index >= 15 is 0 Å². The van der Waals surface area contributed by atoms with Crippen LogP contribution in [0, 0.1) is 0 Å². The summed E-state index contributed by atoms with van der Waals surface area (Å²) in [5.41, 5.74) is 0. The normalized spacial score (nSPS) is 12.1. The number of halogens is 3. The van der Waals surface area contributed by atoms with Gasteiger partial charge in [0.05, 0.1) is 0 Å². The molecule has 13 heavy (non-hydrogen) atoms. The van der Waals surface area contributed by atoms with E-state index in [1.54, 1.807) is 6.20 Å². The summed E-state index contributed by atoms with van der Waals surface area (Å²) in [7, 11) is 0. The number of ketones is 1. The molecule has 0 saturated carbocycles. The Morgan fingerprint density at radius 3 is 2.08 bits per heavy atom. The molecule has 0 atom stereocenters. The first-order chi connectivity index (χ1) is 5.91. The van der Waals surface area contributed by atoms with E-state index in [4.69, 9.17) is 34.8 Å². The molecule has 0 unspecified atom stereocenters. The number of nitrogens with zero attached hydrogens (tertiary/aromatic N) is 1. The van der Waals surface area contributed by atoms with E-state index in [0.717, 1.165) is 13.1 Å². The van der Waals surface area contributed by atoms with Gasteiger partial charge in [-0.05, 0) is 13.8 Å². The lowest BCUT2D eigenvalue weighted by Crippen LogP contribution is -2.19. The van der Waals surface area contributed by atoms with Crippen LogP contribution in [0.25, 0.3) is 0 Å². The zero-order valence-corrected chi connectivity index (χ0v) is 9.83. The van der Waals surface area contributed by atoms with Gasteiger partial charge in [-0.25, -0.2) is 0 Å². The van der Waals surface area contributed by atoms with Crippen LogP contribution < -0.4 is 0 Å². The van der Waals surface area contributed by atoms with Crippen molar-refractivity contribution in [1.29, 1.82) is 0 Å². The molecule has 76 valence electrons. The van der Waals surface area contributed by atoms with Crippen LogP contribution in [0.15, 0.2) is 12.3 Å². The zero-order valence-electron chi connectivity index (χ0n) is 7.56. The SMILES string of the molecule is CCN(/C=C/C(=O)C(Cl)(Cl)Cl)CC. The smallest absolute Gasteiger partial charge is 0.252 e. The summed E-state index contributed by atoms with van der Waals surface area (Å²) in [6.07, 6.45) is 2.91. The summed E-state index contributed by atoms with van der Waals surface area (Å²) in [5, 5.41) is 0. The predicted octanol–water partition coefficient (Wildman–Crippen LogP) is 2.78. The van der Waals surface area contributed by atoms with E-state index in [0.29, 0.717) is 0 Å². The summed E-state index contributed by atoms with van der Waals surface area (Å²) in [4.78, 5) is 13.0. The van der Waals surface area contributed by atoms with E-state index < -0.39 is 9.58 Å². The van der Waals surface area contributed by atoms with Crippen LogP contribution in [0.1, 0.15) is 13.8 Å². The quantitative estimate of drug-likeness (QED) is 0.560. The van der Waals surface area contributed by atoms with Crippen LogP contribution in [-0.4, -0.2) is 27.6 Å². The zero-order chi connectivity index (χ0) is 10.5. The second-order valence-corrected chi connectivity index (χ2v) is 4.68. The summed E-state index contributed by atoms with van der Waals surface area (Å²) in [5.74, 6) is -0.524. The molecule has 0 bridgehead atoms. The molecule has 0 saturated heterocycles. The minimum absolute atomic E-state index is 0.524. The van der Waals surface area contributed by atoms with Gasteiger partial charge in [0.1, 0.15) is 0 Å². The maximum atomic E-state index is 11.1. The van der Waals surface area contributed by atoms with E-state index in [2.05, 4.69) is 0 Å². The van der Waals surface area contributed by atoms with Crippen molar-refractivity contribution in [3.8, 4) is 0 Å². The third-order valence-electron chi connectivity index (χ3n) is 1.53. The van der Waals surface area contributed by atoms with Crippen LogP contribution >= 0.6 is 34.8 Å². The lowest BCUT2D eigenvalue weighted by molar-refractivity contribution is -0.113. The van der Waals surface area contributed by atoms with E-state index in [1.165, 1.54) is 6.08 Å². The van der Waals surface area contributed by atoms with Gasteiger partial charge in [-0.2, -0.15) is 0 Å². The second-order valence-electron chi connectivity index (χ2n) is 2.40. The molecule has 0 fully saturated rings. The fraction of sp³-hybridized carbons (Fsp3) is 0.625. The number of hydrogen-bond acceptors (Lipinski definition) is 2. The largest absolute Gasteiger partial charge is 0.378 e. The van der Waals surface area contributed by atoms with E-state index in [9.17, 15) is 4.79 Å². The molecule has 0 heterocycles. The number of alkyl halides is 3. The molecule has 0 amide bonds. The monoisotopic (exact) mass is 243 g/mol. The molecular formula is C8H12Cl3NO. The first-order valence-corrected chi connectivity index (χ1v) is 5.08. The molecule has 5 heteroatoms. The molecule has 0 aromatic carbocycles. The molecule has 0 aromatic rings. The van der Waals surface area contributed by atoms with Crippen molar-refractivity contribution in [2.75, 3.05) is 13.1 Å². The molecule has 0 rings (SSSR count). The molecule has 0 spiro atoms. The van der Waals surface area contributed by atoms with Gasteiger partial charge >= 0.3 is 0 Å². The van der Waals surface area contributed by atoms with Gasteiger partial charge in [0, 0.05) is 25.4 Å². The summed E-state index contributed by atoms with van der Waals surface area (Å²) >= 11 is 16.1. The van der Waals surface area contributed by atoms with Crippen molar-refractivity contribution in [3.63, 3.8) is 0 Å². The standard InChI is InChI=1S/C8H12Cl3NO/c1-3-12(4-2)6-5-7(13)8(9,10)11/h5-6H,3-4H2,1-2H3/b6-5+. The fourth-order valence-corrected chi connectivity index (χ4v) is 0.891. The Morgan fingerprint density at radius 1 is 1.31 bits per heavy atom. The Hall–Kier alpha value is 0.0800. The van der Waals surface area contributed by atoms with Crippen molar-refractivity contribution in [3.05, 3.63) is 12.3 Å². The lowest BCUT2D eigenvalue weighted by atomic mass is 10.4. The molecule has 0 radical (unpaired) electrons. The predicted molar refractivity (Wildman–Crippen MR) is 57.4 cm³/mol. The minimum Gasteiger partial charge on any atom is -0.378 e. The number of hydrogen-bond donors (Lipinski definition) is 0. The van der Waals surface area contributed by atoms with Crippen LogP contribution in [0.5, 0.6) is 0 Å². The van der Waals surface area contributed by atoms with Crippen molar-refractivity contribution < 1.29 is 4.79 Å². The molecule has 0 aromatic heterocycles. The number of allylic oxidation sites excluding steroid dienone is 1. The number of carbonyl (C=O) groups is 1. The Bertz CT molecular complexity index is 194. The third-order valence-corrected chi connectivity index (χ3v) is 2.09. The summed E-state index contributed by atoms with van der Waals surface area (Å²) < 4.78 is -1.84. The Morgan fingerprint density at radius 2 is 1.77 bits per heavy atom. The Kier molecular flexibility index (Phi) is 5.77. The van der Waals surface area contributed by atoms with Crippen molar-refractivity contribution in [1.82, 2.24) is 4.90 Å². The van der Waals surface area contributed by atoms with E-state index in [1.807, 2.05) is 18.7 Å². The Balaban J connectivity index is 4.19. The van der Waals surface area contributed by atoms with Gasteiger partial charge in [0.15, 0.2) is 0 Å². The van der Waals surface area contributed by atoms with Crippen LogP contribution in [-0.2, 0) is 4.79 Å². The van der Waals surface area contributed by atoms with Gasteiger partial charge in [-0.15, -0.1) is 0 Å². The summed E-state index contributed by atoms with van der Waals surface area (Å²) in [6.45, 7) is 5.60. The number of carbonyl (C=O) groups excluding carboxylic acids is 1. The maximum Gasteiger partial charge on any atom is 0.252 e. The first-order valence-electron chi connectivity index (χ1n) is 3.95. The van der Waals surface area contributed by atoms with Gasteiger partial charge in [0.25, 0.3) is 3.79 Å². The van der Waals surface area contributed by atoms with Crippen LogP contribution in [0.4, 0.5) is 0 Å². The van der Waals surface area contributed by atoms with Crippen molar-refractivity contribution in [2.45, 2.75) is 17.6 Å². The fourth-order valence-electron chi connectivity index (χ4n) is 0.702. The highest BCUT2D eigenvalue weighted by molar-refractivity contribution is 6.77.